The highest BCUT2D eigenvalue weighted by molar-refractivity contribution is 6.07. The van der Waals surface area contributed by atoms with Crippen molar-refractivity contribution in [2.24, 2.45) is 0 Å². The van der Waals surface area contributed by atoms with E-state index in [1.165, 1.54) is 0 Å². The van der Waals surface area contributed by atoms with Gasteiger partial charge in [0.15, 0.2) is 0 Å². The fourth-order valence-electron chi connectivity index (χ4n) is 3.83. The van der Waals surface area contributed by atoms with Gasteiger partial charge < -0.3 is 24.5 Å². The summed E-state index contributed by atoms with van der Waals surface area (Å²) < 4.78 is 11.0. The summed E-state index contributed by atoms with van der Waals surface area (Å²) in [5.74, 6) is 1.42. The molecule has 0 bridgehead atoms. The van der Waals surface area contributed by atoms with Crippen molar-refractivity contribution < 1.29 is 13.7 Å². The van der Waals surface area contributed by atoms with Crippen LogP contribution in [0.25, 0.3) is 22.4 Å². The lowest BCUT2D eigenvalue weighted by atomic mass is 10.1. The molecule has 2 N–H and O–H groups in total. The molecular weight excluding hydrogens is 370 g/mol. The van der Waals surface area contributed by atoms with Crippen molar-refractivity contribution in [3.8, 4) is 11.3 Å². The average Bonchev–Trinajstić information content (AvgIpc) is 3.26. The monoisotopic (exact) mass is 397 g/mol. The molecule has 1 fully saturated rings. The topological polar surface area (TPSA) is 96.4 Å². The summed E-state index contributed by atoms with van der Waals surface area (Å²) in [6.07, 6.45) is 0.912. The highest BCUT2D eigenvalue weighted by Crippen LogP contribution is 2.30. The zero-order valence-corrected chi connectivity index (χ0v) is 17.2. The molecule has 8 nitrogen and oxygen atoms in total. The highest BCUT2D eigenvalue weighted by atomic mass is 16.5. The van der Waals surface area contributed by atoms with Gasteiger partial charge in [0, 0.05) is 38.3 Å². The number of furan rings is 1. The van der Waals surface area contributed by atoms with E-state index in [9.17, 15) is 4.79 Å². The van der Waals surface area contributed by atoms with E-state index in [2.05, 4.69) is 25.7 Å². The smallest absolute Gasteiger partial charge is 0.259 e. The van der Waals surface area contributed by atoms with Crippen LogP contribution in [0.3, 0.4) is 0 Å². The summed E-state index contributed by atoms with van der Waals surface area (Å²) in [7, 11) is 0. The van der Waals surface area contributed by atoms with Gasteiger partial charge in [0.05, 0.1) is 22.3 Å². The Morgan fingerprint density at radius 1 is 1.24 bits per heavy atom. The second-order valence-corrected chi connectivity index (χ2v) is 7.53. The molecule has 154 valence electrons. The van der Waals surface area contributed by atoms with Crippen LogP contribution in [-0.2, 0) is 0 Å². The van der Waals surface area contributed by atoms with E-state index in [1.807, 2.05) is 26.8 Å². The maximum absolute atomic E-state index is 13.0. The number of fused-ring (bicyclic) bond motifs is 1. The third-order valence-corrected chi connectivity index (χ3v) is 5.32. The van der Waals surface area contributed by atoms with Gasteiger partial charge in [-0.15, -0.1) is 0 Å². The van der Waals surface area contributed by atoms with Gasteiger partial charge in [-0.3, -0.25) is 4.79 Å². The zero-order valence-electron chi connectivity index (χ0n) is 17.2. The molecule has 4 rings (SSSR count). The SMILES string of the molecule is Cc1cc(-c2cc(C(=O)NCCCN3CCNCC3)c3c(C)noc3n2)c(C)o1. The number of nitrogens with one attached hydrogen (secondary N) is 2. The number of carbonyl (C=O) groups excluding carboxylic acids is 1. The van der Waals surface area contributed by atoms with Crippen LogP contribution in [0.15, 0.2) is 21.1 Å². The van der Waals surface area contributed by atoms with E-state index in [4.69, 9.17) is 8.94 Å². The molecule has 0 unspecified atom stereocenters. The first kappa shape index (κ1) is 19.6. The summed E-state index contributed by atoms with van der Waals surface area (Å²) in [5, 5.41) is 11.1. The number of carbonyl (C=O) groups is 1. The van der Waals surface area contributed by atoms with Gasteiger partial charge in [0.1, 0.15) is 11.5 Å². The third-order valence-electron chi connectivity index (χ3n) is 5.32. The average molecular weight is 397 g/mol. The van der Waals surface area contributed by atoms with E-state index in [0.717, 1.165) is 56.2 Å². The number of pyridine rings is 1. The summed E-state index contributed by atoms with van der Waals surface area (Å²) in [5.41, 5.74) is 3.05. The first-order chi connectivity index (χ1) is 14.0. The minimum Gasteiger partial charge on any atom is -0.466 e. The Labute approximate surface area is 169 Å². The number of hydrogen-bond donors (Lipinski definition) is 2. The number of amides is 1. The number of aromatic nitrogens is 2. The molecule has 0 aliphatic carbocycles. The number of aryl methyl sites for hydroxylation is 3. The Morgan fingerprint density at radius 3 is 2.76 bits per heavy atom. The van der Waals surface area contributed by atoms with Crippen LogP contribution >= 0.6 is 0 Å². The predicted molar refractivity (Wildman–Crippen MR) is 110 cm³/mol. The van der Waals surface area contributed by atoms with Crippen molar-refractivity contribution >= 4 is 17.0 Å². The van der Waals surface area contributed by atoms with Gasteiger partial charge in [-0.2, -0.15) is 0 Å². The predicted octanol–water partition coefficient (Wildman–Crippen LogP) is 2.43. The zero-order chi connectivity index (χ0) is 20.4. The molecule has 3 aromatic heterocycles. The normalized spacial score (nSPS) is 15.1. The summed E-state index contributed by atoms with van der Waals surface area (Å²) in [4.78, 5) is 20.0. The molecule has 1 amide bonds. The molecule has 0 radical (unpaired) electrons. The summed E-state index contributed by atoms with van der Waals surface area (Å²) in [6, 6.07) is 3.72. The number of rotatable bonds is 6. The van der Waals surface area contributed by atoms with Crippen LogP contribution in [0.1, 0.15) is 34.0 Å². The standard InChI is InChI=1S/C21H27N5O3/c1-13-11-16(15(3)28-13)18-12-17(19-14(2)25-29-21(19)24-18)20(27)23-5-4-8-26-9-6-22-7-10-26/h11-12,22H,4-10H2,1-3H3,(H,23,27). The summed E-state index contributed by atoms with van der Waals surface area (Å²) >= 11 is 0. The van der Waals surface area contributed by atoms with E-state index >= 15 is 0 Å². The lowest BCUT2D eigenvalue weighted by Crippen LogP contribution is -2.44. The molecule has 1 aliphatic heterocycles. The van der Waals surface area contributed by atoms with Crippen molar-refractivity contribution in [3.05, 3.63) is 34.9 Å². The Balaban J connectivity index is 1.52. The Bertz CT molecular complexity index is 1020. The van der Waals surface area contributed by atoms with Gasteiger partial charge in [-0.1, -0.05) is 5.16 Å². The fraction of sp³-hybridized carbons (Fsp3) is 0.476. The maximum Gasteiger partial charge on any atom is 0.259 e. The van der Waals surface area contributed by atoms with Crippen molar-refractivity contribution in [1.29, 1.82) is 0 Å². The molecule has 29 heavy (non-hydrogen) atoms. The number of hydrogen-bond acceptors (Lipinski definition) is 7. The van der Waals surface area contributed by atoms with Crippen LogP contribution in [-0.4, -0.2) is 60.2 Å². The second-order valence-electron chi connectivity index (χ2n) is 7.53. The lowest BCUT2D eigenvalue weighted by molar-refractivity contribution is 0.0952. The van der Waals surface area contributed by atoms with Gasteiger partial charge in [0.2, 0.25) is 0 Å². The van der Waals surface area contributed by atoms with E-state index in [-0.39, 0.29) is 5.91 Å². The molecular formula is C21H27N5O3. The highest BCUT2D eigenvalue weighted by Gasteiger charge is 2.21. The molecule has 0 saturated carbocycles. The van der Waals surface area contributed by atoms with Gasteiger partial charge >= 0.3 is 0 Å². The van der Waals surface area contributed by atoms with Crippen molar-refractivity contribution in [1.82, 2.24) is 25.7 Å². The molecule has 0 aromatic carbocycles. The van der Waals surface area contributed by atoms with E-state index < -0.39 is 0 Å². The number of nitrogens with zero attached hydrogens (tertiary/aromatic N) is 3. The van der Waals surface area contributed by atoms with Crippen molar-refractivity contribution in [2.45, 2.75) is 27.2 Å². The summed E-state index contributed by atoms with van der Waals surface area (Å²) in [6.45, 7) is 11.4. The van der Waals surface area contributed by atoms with Crippen LogP contribution in [0.4, 0.5) is 0 Å². The molecule has 3 aromatic rings. The lowest BCUT2D eigenvalue weighted by Gasteiger charge is -2.27. The van der Waals surface area contributed by atoms with E-state index in [1.54, 1.807) is 6.07 Å². The molecule has 0 spiro atoms. The molecule has 8 heteroatoms. The first-order valence-electron chi connectivity index (χ1n) is 10.1. The Morgan fingerprint density at radius 2 is 2.03 bits per heavy atom. The second kappa shape index (κ2) is 8.34. The third kappa shape index (κ3) is 4.18. The van der Waals surface area contributed by atoms with Crippen molar-refractivity contribution in [2.75, 3.05) is 39.3 Å². The first-order valence-corrected chi connectivity index (χ1v) is 10.1. The number of piperazine rings is 1. The maximum atomic E-state index is 13.0. The Hall–Kier alpha value is -2.71. The van der Waals surface area contributed by atoms with Crippen molar-refractivity contribution in [3.63, 3.8) is 0 Å². The Kier molecular flexibility index (Phi) is 5.64. The van der Waals surface area contributed by atoms with Gasteiger partial charge in [-0.05, 0) is 45.9 Å². The minimum atomic E-state index is -0.136. The van der Waals surface area contributed by atoms with Crippen LogP contribution in [0.5, 0.6) is 0 Å². The molecule has 0 atom stereocenters. The molecule has 1 aliphatic rings. The minimum absolute atomic E-state index is 0.136. The largest absolute Gasteiger partial charge is 0.466 e. The fourth-order valence-corrected chi connectivity index (χ4v) is 3.83. The van der Waals surface area contributed by atoms with Crippen LogP contribution in [0, 0.1) is 20.8 Å². The molecule has 1 saturated heterocycles. The van der Waals surface area contributed by atoms with Crippen LogP contribution in [0.2, 0.25) is 0 Å². The quantitative estimate of drug-likeness (QED) is 0.617. The van der Waals surface area contributed by atoms with E-state index in [0.29, 0.717) is 34.6 Å². The van der Waals surface area contributed by atoms with Gasteiger partial charge in [-0.25, -0.2) is 4.98 Å². The van der Waals surface area contributed by atoms with Crippen LogP contribution < -0.4 is 10.6 Å². The van der Waals surface area contributed by atoms with Gasteiger partial charge in [0.25, 0.3) is 11.6 Å². The molecule has 4 heterocycles.